The molecule has 0 fully saturated rings. The van der Waals surface area contributed by atoms with Crippen molar-refractivity contribution in [2.75, 3.05) is 0 Å². The van der Waals surface area contributed by atoms with Crippen LogP contribution in [0.4, 0.5) is 0 Å². The molecule has 0 heterocycles. The Kier molecular flexibility index (Phi) is 3.87. The second-order valence-electron chi connectivity index (χ2n) is 1.49. The molecule has 0 saturated heterocycles. The number of hydrogen-bond acceptors (Lipinski definition) is 0. The van der Waals surface area contributed by atoms with Crippen LogP contribution in [0, 0.1) is 6.92 Å². The average molecular weight is 102 g/mol. The van der Waals surface area contributed by atoms with E-state index in [1.165, 1.54) is 12.8 Å². The van der Waals surface area contributed by atoms with Crippen molar-refractivity contribution in [3.05, 3.63) is 6.92 Å². The second kappa shape index (κ2) is 3.61. The molecule has 6 heavy (non-hydrogen) atoms. The van der Waals surface area contributed by atoms with Crippen LogP contribution in [0.1, 0.15) is 19.8 Å². The SMILES string of the molecule is [CH2-]C([PH-])CCC. The largest absolute Gasteiger partial charge is 0.588 e. The predicted molar refractivity (Wildman–Crippen MR) is 32.4 cm³/mol. The zero-order valence-corrected chi connectivity index (χ0v) is 5.20. The molecule has 0 aromatic carbocycles. The van der Waals surface area contributed by atoms with Gasteiger partial charge in [0.15, 0.2) is 0 Å². The highest BCUT2D eigenvalue weighted by Crippen LogP contribution is 2.03. The molecular weight excluding hydrogens is 91.0 g/mol. The molecule has 38 valence electrons. The van der Waals surface area contributed by atoms with Crippen LogP contribution in [0.5, 0.6) is 0 Å². The first-order valence-corrected chi connectivity index (χ1v) is 2.89. The summed E-state index contributed by atoms with van der Waals surface area (Å²) in [6.45, 7) is 5.89. The zero-order chi connectivity index (χ0) is 4.99. The van der Waals surface area contributed by atoms with Gasteiger partial charge in [0, 0.05) is 0 Å². The molecule has 0 aromatic rings. The van der Waals surface area contributed by atoms with E-state index < -0.39 is 0 Å². The highest BCUT2D eigenvalue weighted by atomic mass is 31.0. The van der Waals surface area contributed by atoms with Crippen molar-refractivity contribution in [3.8, 4) is 0 Å². The van der Waals surface area contributed by atoms with Crippen LogP contribution >= 0.6 is 9.24 Å². The summed E-state index contributed by atoms with van der Waals surface area (Å²) in [6.07, 6.45) is 2.40. The molecule has 0 spiro atoms. The normalized spacial score (nSPS) is 14.5. The third kappa shape index (κ3) is 4.43. The lowest BCUT2D eigenvalue weighted by Gasteiger charge is -2.17. The lowest BCUT2D eigenvalue weighted by molar-refractivity contribution is 0.826. The van der Waals surface area contributed by atoms with Gasteiger partial charge >= 0.3 is 0 Å². The van der Waals surface area contributed by atoms with Crippen LogP contribution in [-0.2, 0) is 0 Å². The smallest absolute Gasteiger partial charge is 0.0605 e. The Morgan fingerprint density at radius 1 is 1.83 bits per heavy atom. The fourth-order valence-electron chi connectivity index (χ4n) is 0.348. The minimum atomic E-state index is 0.454. The van der Waals surface area contributed by atoms with Crippen molar-refractivity contribution >= 4 is 9.24 Å². The predicted octanol–water partition coefficient (Wildman–Crippen LogP) is 2.13. The molecular formula is C5H11P-2. The van der Waals surface area contributed by atoms with Crippen LogP contribution in [0.2, 0.25) is 0 Å². The standard InChI is InChI=1S/C5H11P/c1-3-4-5(2)6/h5-6H,2-4H2,1H3/q-2. The maximum atomic E-state index is 3.74. The summed E-state index contributed by atoms with van der Waals surface area (Å²) >= 11 is 0. The Labute approximate surface area is 42.5 Å². The maximum Gasteiger partial charge on any atom is -0.0605 e. The van der Waals surface area contributed by atoms with Crippen LogP contribution in [-0.4, -0.2) is 5.66 Å². The summed E-state index contributed by atoms with van der Waals surface area (Å²) in [4.78, 5) is 0. The first-order chi connectivity index (χ1) is 2.77. The molecule has 0 bridgehead atoms. The van der Waals surface area contributed by atoms with Gasteiger partial charge in [-0.1, -0.05) is 13.3 Å². The van der Waals surface area contributed by atoms with Gasteiger partial charge in [-0.25, -0.2) is 0 Å². The van der Waals surface area contributed by atoms with E-state index in [0.717, 1.165) is 0 Å². The second-order valence-corrected chi connectivity index (χ2v) is 2.30. The van der Waals surface area contributed by atoms with E-state index in [1.54, 1.807) is 0 Å². The Morgan fingerprint density at radius 2 is 2.33 bits per heavy atom. The van der Waals surface area contributed by atoms with Gasteiger partial charge in [-0.05, 0) is 0 Å². The zero-order valence-electron chi connectivity index (χ0n) is 4.20. The van der Waals surface area contributed by atoms with E-state index >= 15 is 0 Å². The molecule has 1 unspecified atom stereocenters. The first kappa shape index (κ1) is 6.43. The molecule has 1 heteroatoms. The number of rotatable bonds is 2. The number of hydrogen-bond donors (Lipinski definition) is 0. The van der Waals surface area contributed by atoms with Gasteiger partial charge in [-0.15, -0.1) is 6.42 Å². The van der Waals surface area contributed by atoms with Gasteiger partial charge in [-0.2, -0.15) is 0 Å². The molecule has 1 atom stereocenters. The molecule has 0 amide bonds. The average Bonchev–Trinajstić information content (AvgIpc) is 1.35. The fourth-order valence-corrected chi connectivity index (χ4v) is 0.637. The minimum absolute atomic E-state index is 0.454. The van der Waals surface area contributed by atoms with Crippen LogP contribution in [0.3, 0.4) is 0 Å². The summed E-state index contributed by atoms with van der Waals surface area (Å²) < 4.78 is 0. The van der Waals surface area contributed by atoms with Crippen molar-refractivity contribution in [2.45, 2.75) is 25.4 Å². The Morgan fingerprint density at radius 3 is 2.33 bits per heavy atom. The minimum Gasteiger partial charge on any atom is -0.588 e. The fraction of sp³-hybridized carbons (Fsp3) is 0.800. The molecule has 0 nitrogen and oxygen atoms in total. The Balaban J connectivity index is 2.63. The van der Waals surface area contributed by atoms with E-state index in [0.29, 0.717) is 5.66 Å². The summed E-state index contributed by atoms with van der Waals surface area (Å²) in [5.74, 6) is 0. The van der Waals surface area contributed by atoms with E-state index in [9.17, 15) is 0 Å². The molecule has 0 N–H and O–H groups in total. The van der Waals surface area contributed by atoms with E-state index in [2.05, 4.69) is 23.1 Å². The van der Waals surface area contributed by atoms with Gasteiger partial charge in [0.05, 0.1) is 0 Å². The maximum absolute atomic E-state index is 3.74. The molecule has 0 saturated carbocycles. The quantitative estimate of drug-likeness (QED) is 0.370. The third-order valence-corrected chi connectivity index (χ3v) is 0.926. The molecule has 0 radical (unpaired) electrons. The van der Waals surface area contributed by atoms with E-state index in [4.69, 9.17) is 0 Å². The Hall–Kier alpha value is 0.430. The third-order valence-electron chi connectivity index (χ3n) is 0.637. The molecule has 0 aliphatic rings. The highest BCUT2D eigenvalue weighted by molar-refractivity contribution is 7.17. The topological polar surface area (TPSA) is 0 Å². The van der Waals surface area contributed by atoms with E-state index in [-0.39, 0.29) is 0 Å². The highest BCUT2D eigenvalue weighted by Gasteiger charge is 1.69. The van der Waals surface area contributed by atoms with Gasteiger partial charge < -0.3 is 21.8 Å². The summed E-state index contributed by atoms with van der Waals surface area (Å²) in [5.41, 5.74) is 0.454. The van der Waals surface area contributed by atoms with Gasteiger partial charge in [0.2, 0.25) is 0 Å². The molecule has 0 rings (SSSR count). The Bertz CT molecular complexity index is 25.1. The summed E-state index contributed by atoms with van der Waals surface area (Å²) in [7, 11) is 3.37. The summed E-state index contributed by atoms with van der Waals surface area (Å²) in [6, 6.07) is 0. The monoisotopic (exact) mass is 102 g/mol. The van der Waals surface area contributed by atoms with Crippen LogP contribution in [0.25, 0.3) is 0 Å². The first-order valence-electron chi connectivity index (χ1n) is 2.31. The van der Waals surface area contributed by atoms with Crippen molar-refractivity contribution in [1.29, 1.82) is 0 Å². The van der Waals surface area contributed by atoms with Crippen molar-refractivity contribution < 1.29 is 0 Å². The van der Waals surface area contributed by atoms with E-state index in [1.807, 2.05) is 0 Å². The van der Waals surface area contributed by atoms with Crippen LogP contribution in [0.15, 0.2) is 0 Å². The van der Waals surface area contributed by atoms with Gasteiger partial charge in [0.1, 0.15) is 0 Å². The van der Waals surface area contributed by atoms with Crippen LogP contribution < -0.4 is 0 Å². The van der Waals surface area contributed by atoms with Gasteiger partial charge in [-0.3, -0.25) is 0 Å². The summed E-state index contributed by atoms with van der Waals surface area (Å²) in [5, 5.41) is 0. The van der Waals surface area contributed by atoms with Crippen molar-refractivity contribution in [2.24, 2.45) is 0 Å². The molecule has 0 aliphatic carbocycles. The lowest BCUT2D eigenvalue weighted by atomic mass is 10.3. The van der Waals surface area contributed by atoms with Crippen molar-refractivity contribution in [1.82, 2.24) is 0 Å². The van der Waals surface area contributed by atoms with Crippen molar-refractivity contribution in [3.63, 3.8) is 0 Å². The molecule has 0 aromatic heterocycles. The molecule has 0 aliphatic heterocycles. The lowest BCUT2D eigenvalue weighted by Crippen LogP contribution is -1.85. The van der Waals surface area contributed by atoms with Gasteiger partial charge in [0.25, 0.3) is 0 Å².